The van der Waals surface area contributed by atoms with Gasteiger partial charge in [0.15, 0.2) is 0 Å². The maximum absolute atomic E-state index is 12.2. The van der Waals surface area contributed by atoms with Crippen molar-refractivity contribution < 1.29 is 27.2 Å². The van der Waals surface area contributed by atoms with Crippen LogP contribution in [0.15, 0.2) is 57.6 Å². The molecule has 0 aliphatic heterocycles. The molecule has 0 saturated heterocycles. The molecule has 11 heteroatoms. The maximum Gasteiger partial charge on any atom is 0.416 e. The number of nitrogens with two attached hydrogens (primary N) is 1. The van der Waals surface area contributed by atoms with Crippen molar-refractivity contribution in [2.24, 2.45) is 23.0 Å². The third-order valence-corrected chi connectivity index (χ3v) is 8.99. The van der Waals surface area contributed by atoms with Gasteiger partial charge in [-0.3, -0.25) is 0 Å². The predicted molar refractivity (Wildman–Crippen MR) is 148 cm³/mol. The number of rotatable bonds is 8. The Balaban J connectivity index is 0.000000197. The van der Waals surface area contributed by atoms with Crippen LogP contribution in [0.4, 0.5) is 23.7 Å². The molecule has 0 bridgehead atoms. The van der Waals surface area contributed by atoms with Gasteiger partial charge < -0.3 is 20.3 Å². The van der Waals surface area contributed by atoms with Crippen LogP contribution in [0.5, 0.6) is 0 Å². The summed E-state index contributed by atoms with van der Waals surface area (Å²) in [7, 11) is 0. The highest BCUT2D eigenvalue weighted by Crippen LogP contribution is 2.82. The van der Waals surface area contributed by atoms with E-state index in [1.54, 1.807) is 6.08 Å². The highest BCUT2D eigenvalue weighted by Gasteiger charge is 2.77. The molecule has 1 spiro atoms. The number of alkyl halides is 3. The molecule has 4 aliphatic carbocycles. The molecule has 4 aliphatic rings. The third-order valence-electron chi connectivity index (χ3n) is 8.24. The number of carbonyl (C=O) groups excluding carboxylic acids is 1. The zero-order valence-electron chi connectivity index (χ0n) is 21.9. The summed E-state index contributed by atoms with van der Waals surface area (Å²) in [5.41, 5.74) is 7.02. The molecule has 4 saturated carbocycles. The molecular formula is C29H30Cl2F3N3O3. The number of hydrogen-bond acceptors (Lipinski definition) is 4. The Morgan fingerprint density at radius 2 is 2.08 bits per heavy atom. The lowest BCUT2D eigenvalue weighted by Crippen LogP contribution is -2.19. The van der Waals surface area contributed by atoms with Crippen LogP contribution in [0.2, 0.25) is 0 Å². The Bertz CT molecular complexity index is 1380. The van der Waals surface area contributed by atoms with Crippen molar-refractivity contribution in [3.63, 3.8) is 0 Å². The van der Waals surface area contributed by atoms with Gasteiger partial charge >= 0.3 is 12.2 Å². The fourth-order valence-electron chi connectivity index (χ4n) is 5.92. The fraction of sp³-hybridized carbons (Fsp3) is 0.448. The van der Waals surface area contributed by atoms with E-state index in [1.165, 1.54) is 31.4 Å². The Hall–Kier alpha value is -2.75. The second-order valence-corrected chi connectivity index (χ2v) is 11.6. The minimum atomic E-state index is -4.42. The van der Waals surface area contributed by atoms with Crippen LogP contribution < -0.4 is 11.1 Å². The summed E-state index contributed by atoms with van der Waals surface area (Å²) in [6.45, 7) is 6.18. The van der Waals surface area contributed by atoms with E-state index < -0.39 is 17.8 Å². The lowest BCUT2D eigenvalue weighted by molar-refractivity contribution is -0.137. The molecule has 4 fully saturated rings. The van der Waals surface area contributed by atoms with Gasteiger partial charge in [0.1, 0.15) is 11.5 Å². The molecule has 1 heterocycles. The van der Waals surface area contributed by atoms with E-state index in [2.05, 4.69) is 17.1 Å². The Morgan fingerprint density at radius 3 is 2.62 bits per heavy atom. The summed E-state index contributed by atoms with van der Waals surface area (Å²) in [5.74, 6) is 3.10. The zero-order chi connectivity index (χ0) is 28.8. The summed E-state index contributed by atoms with van der Waals surface area (Å²) in [5, 5.41) is 7.43. The van der Waals surface area contributed by atoms with E-state index in [1.807, 2.05) is 13.0 Å². The van der Waals surface area contributed by atoms with Gasteiger partial charge in [-0.15, -0.1) is 0 Å². The van der Waals surface area contributed by atoms with Crippen molar-refractivity contribution in [3.8, 4) is 0 Å². The van der Waals surface area contributed by atoms with Crippen LogP contribution in [0.25, 0.3) is 5.57 Å². The number of hydrogen-bond donors (Lipinski definition) is 2. The van der Waals surface area contributed by atoms with Crippen LogP contribution in [-0.2, 0) is 17.5 Å². The topological polar surface area (TPSA) is 90.4 Å². The first-order valence-electron chi connectivity index (χ1n) is 13.2. The number of amides is 2. The van der Waals surface area contributed by atoms with Crippen molar-refractivity contribution in [3.05, 3.63) is 75.6 Å². The molecule has 4 atom stereocenters. The smallest absolute Gasteiger partial charge is 0.373 e. The summed E-state index contributed by atoms with van der Waals surface area (Å²) in [6.07, 6.45) is 5.69. The number of nitrogens with zero attached hydrogens (tertiary/aromatic N) is 1. The van der Waals surface area contributed by atoms with E-state index in [9.17, 15) is 18.0 Å². The number of halogens is 5. The molecule has 0 radical (unpaired) electrons. The van der Waals surface area contributed by atoms with Gasteiger partial charge in [-0.05, 0) is 80.6 Å². The minimum Gasteiger partial charge on any atom is -0.373 e. The van der Waals surface area contributed by atoms with Crippen LogP contribution in [0.1, 0.15) is 67.5 Å². The SMILES string of the molecule is C=C/C(Cl)=C(\C(Cl)=C/C)c1noc(C2CC2)c1COC1CC2C[C@@]23CC13.NC(=O)Nc1cccc(C(F)(F)F)c1. The molecule has 40 heavy (non-hydrogen) atoms. The van der Waals surface area contributed by atoms with E-state index in [0.717, 1.165) is 48.1 Å². The second-order valence-electron chi connectivity index (χ2n) is 10.8. The molecular weight excluding hydrogens is 566 g/mol. The maximum atomic E-state index is 12.2. The first-order chi connectivity index (χ1) is 19.0. The zero-order valence-corrected chi connectivity index (χ0v) is 23.4. The van der Waals surface area contributed by atoms with Crippen molar-refractivity contribution in [2.75, 3.05) is 5.32 Å². The van der Waals surface area contributed by atoms with Crippen LogP contribution in [-0.4, -0.2) is 17.3 Å². The summed E-state index contributed by atoms with van der Waals surface area (Å²) in [6, 6.07) is 3.33. The van der Waals surface area contributed by atoms with Crippen molar-refractivity contribution in [1.82, 2.24) is 5.16 Å². The Kier molecular flexibility index (Phi) is 7.85. The van der Waals surface area contributed by atoms with Crippen LogP contribution in [0.3, 0.4) is 0 Å². The largest absolute Gasteiger partial charge is 0.416 e. The number of ether oxygens (including phenoxy) is 1. The Morgan fingerprint density at radius 1 is 1.32 bits per heavy atom. The monoisotopic (exact) mass is 595 g/mol. The van der Waals surface area contributed by atoms with E-state index >= 15 is 0 Å². The van der Waals surface area contributed by atoms with Gasteiger partial charge in [-0.2, -0.15) is 13.2 Å². The van der Waals surface area contributed by atoms with Gasteiger partial charge in [0.05, 0.1) is 23.3 Å². The lowest BCUT2D eigenvalue weighted by Gasteiger charge is -2.16. The standard InChI is InChI=1S/C21H23Cl2NO2.C8H7F3N2O/c1-3-15(22)18(16(23)4-2)19-13(20(26-24-19)11-5-6-11)10-25-17-7-12-8-21(12)9-14(17)21;9-8(10,11)5-2-1-3-6(4-5)13-7(12)14/h3-4,11-12,14,17H,1,5-10H2,2H3;1-4H,(H3,12,13,14)/b16-4+,18-15-;/t12?,14?,17?,21-;/m1./s1. The molecule has 3 N–H and O–H groups in total. The van der Waals surface area contributed by atoms with Crippen LogP contribution in [0, 0.1) is 17.3 Å². The van der Waals surface area contributed by atoms with Gasteiger partial charge in [0.2, 0.25) is 0 Å². The van der Waals surface area contributed by atoms with Gasteiger partial charge in [-0.25, -0.2) is 4.79 Å². The Labute approximate surface area is 240 Å². The van der Waals surface area contributed by atoms with E-state index in [-0.39, 0.29) is 5.69 Å². The quantitative estimate of drug-likeness (QED) is 0.300. The molecule has 1 aromatic heterocycles. The van der Waals surface area contributed by atoms with Crippen molar-refractivity contribution in [1.29, 1.82) is 0 Å². The van der Waals surface area contributed by atoms with E-state index in [0.29, 0.717) is 45.4 Å². The average Bonchev–Trinajstić information content (AvgIpc) is 3.86. The molecule has 2 amide bonds. The molecule has 2 aromatic rings. The molecule has 214 valence electrons. The van der Waals surface area contributed by atoms with E-state index in [4.69, 9.17) is 38.2 Å². The lowest BCUT2D eigenvalue weighted by atomic mass is 10.0. The number of primary amides is 1. The summed E-state index contributed by atoms with van der Waals surface area (Å²) in [4.78, 5) is 10.4. The summed E-state index contributed by atoms with van der Waals surface area (Å²) < 4.78 is 48.6. The van der Waals surface area contributed by atoms with Gasteiger partial charge in [0, 0.05) is 27.8 Å². The highest BCUT2D eigenvalue weighted by atomic mass is 35.5. The fourth-order valence-corrected chi connectivity index (χ4v) is 6.35. The minimum absolute atomic E-state index is 0.0207. The number of carbonyl (C=O) groups is 1. The number of anilines is 1. The highest BCUT2D eigenvalue weighted by molar-refractivity contribution is 6.42. The van der Waals surface area contributed by atoms with Gasteiger partial charge in [0.25, 0.3) is 0 Å². The number of aromatic nitrogens is 1. The van der Waals surface area contributed by atoms with Crippen molar-refractivity contribution >= 4 is 40.5 Å². The first kappa shape index (κ1) is 28.8. The summed E-state index contributed by atoms with van der Waals surface area (Å²) >= 11 is 12.9. The first-order valence-corrected chi connectivity index (χ1v) is 13.9. The molecule has 3 unspecified atom stereocenters. The number of allylic oxidation sites excluding steroid dienone is 5. The van der Waals surface area contributed by atoms with Gasteiger partial charge in [-0.1, -0.05) is 47.1 Å². The van der Waals surface area contributed by atoms with Crippen molar-refractivity contribution in [2.45, 2.75) is 63.8 Å². The predicted octanol–water partition coefficient (Wildman–Crippen LogP) is 8.34. The molecule has 6 rings (SSSR count). The number of urea groups is 1. The normalized spacial score (nSPS) is 27.1. The molecule has 6 nitrogen and oxygen atoms in total. The van der Waals surface area contributed by atoms with Crippen LogP contribution >= 0.6 is 23.2 Å². The number of nitrogens with one attached hydrogen (secondary N) is 1. The average molecular weight is 596 g/mol. The number of benzene rings is 1. The second kappa shape index (κ2) is 10.9. The third kappa shape index (κ3) is 5.83. The molecule has 1 aromatic carbocycles.